The zero-order chi connectivity index (χ0) is 14.3. The minimum absolute atomic E-state index is 0.0508. The molecule has 0 aromatic heterocycles. The molecule has 0 saturated heterocycles. The SMILES string of the molecule is CC(C)CC(CN)C(=O)N(C)CC(=O)NC(C)C. The quantitative estimate of drug-likeness (QED) is 0.701. The number of carbonyl (C=O) groups excluding carboxylic acids is 2. The molecule has 5 heteroatoms. The molecule has 0 bridgehead atoms. The highest BCUT2D eigenvalue weighted by molar-refractivity contribution is 5.85. The molecule has 3 N–H and O–H groups in total. The Morgan fingerprint density at radius 1 is 1.22 bits per heavy atom. The van der Waals surface area contributed by atoms with E-state index in [0.29, 0.717) is 12.5 Å². The molecule has 0 rings (SSSR count). The summed E-state index contributed by atoms with van der Waals surface area (Å²) in [5.74, 6) is 0.0357. The van der Waals surface area contributed by atoms with Crippen LogP contribution in [-0.4, -0.2) is 42.9 Å². The Kier molecular flexibility index (Phi) is 7.59. The maximum absolute atomic E-state index is 12.1. The van der Waals surface area contributed by atoms with E-state index in [1.807, 2.05) is 13.8 Å². The van der Waals surface area contributed by atoms with Crippen LogP contribution in [0.25, 0.3) is 0 Å². The molecular formula is C13H27N3O2. The zero-order valence-corrected chi connectivity index (χ0v) is 12.2. The van der Waals surface area contributed by atoms with Crippen molar-refractivity contribution in [2.24, 2.45) is 17.6 Å². The second kappa shape index (κ2) is 8.08. The van der Waals surface area contributed by atoms with Crippen LogP contribution in [0.4, 0.5) is 0 Å². The molecule has 0 aromatic rings. The van der Waals surface area contributed by atoms with Gasteiger partial charge >= 0.3 is 0 Å². The third-order valence-electron chi connectivity index (χ3n) is 2.60. The number of likely N-dealkylation sites (N-methyl/N-ethyl adjacent to an activating group) is 1. The average molecular weight is 257 g/mol. The van der Waals surface area contributed by atoms with Crippen molar-refractivity contribution in [3.63, 3.8) is 0 Å². The predicted octanol–water partition coefficient (Wildman–Crippen LogP) is 0.590. The largest absolute Gasteiger partial charge is 0.352 e. The maximum Gasteiger partial charge on any atom is 0.239 e. The Labute approximate surface area is 110 Å². The molecule has 0 heterocycles. The van der Waals surface area contributed by atoms with Crippen LogP contribution in [0, 0.1) is 11.8 Å². The number of hydrogen-bond acceptors (Lipinski definition) is 3. The van der Waals surface area contributed by atoms with Crippen molar-refractivity contribution in [3.8, 4) is 0 Å². The van der Waals surface area contributed by atoms with Gasteiger partial charge in [0.05, 0.1) is 12.5 Å². The molecule has 2 amide bonds. The molecule has 1 unspecified atom stereocenters. The van der Waals surface area contributed by atoms with Gasteiger partial charge in [-0.1, -0.05) is 13.8 Å². The number of rotatable bonds is 7. The lowest BCUT2D eigenvalue weighted by atomic mass is 9.96. The highest BCUT2D eigenvalue weighted by Gasteiger charge is 2.23. The highest BCUT2D eigenvalue weighted by atomic mass is 16.2. The van der Waals surface area contributed by atoms with Crippen LogP contribution in [0.1, 0.15) is 34.1 Å². The van der Waals surface area contributed by atoms with Gasteiger partial charge in [-0.3, -0.25) is 9.59 Å². The maximum atomic E-state index is 12.1. The molecule has 0 aliphatic heterocycles. The molecule has 18 heavy (non-hydrogen) atoms. The van der Waals surface area contributed by atoms with Gasteiger partial charge in [0, 0.05) is 19.6 Å². The van der Waals surface area contributed by atoms with Crippen molar-refractivity contribution in [3.05, 3.63) is 0 Å². The summed E-state index contributed by atoms with van der Waals surface area (Å²) in [4.78, 5) is 25.1. The first kappa shape index (κ1) is 16.9. The summed E-state index contributed by atoms with van der Waals surface area (Å²) >= 11 is 0. The van der Waals surface area contributed by atoms with Gasteiger partial charge in [-0.25, -0.2) is 0 Å². The van der Waals surface area contributed by atoms with E-state index in [-0.39, 0.29) is 30.3 Å². The van der Waals surface area contributed by atoms with Gasteiger partial charge in [-0.05, 0) is 26.2 Å². The van der Waals surface area contributed by atoms with Crippen LogP contribution in [-0.2, 0) is 9.59 Å². The Bertz CT molecular complexity index is 277. The van der Waals surface area contributed by atoms with Gasteiger partial charge < -0.3 is 16.0 Å². The normalized spacial score (nSPS) is 12.7. The minimum atomic E-state index is -0.193. The number of nitrogens with one attached hydrogen (secondary N) is 1. The molecule has 0 saturated carbocycles. The summed E-state index contributed by atoms with van der Waals surface area (Å²) in [6.07, 6.45) is 0.755. The molecule has 5 nitrogen and oxygen atoms in total. The van der Waals surface area contributed by atoms with E-state index in [1.165, 1.54) is 4.90 Å². The molecule has 0 fully saturated rings. The van der Waals surface area contributed by atoms with E-state index in [2.05, 4.69) is 19.2 Å². The molecule has 106 valence electrons. The van der Waals surface area contributed by atoms with E-state index < -0.39 is 0 Å². The van der Waals surface area contributed by atoms with Crippen molar-refractivity contribution in [2.45, 2.75) is 40.2 Å². The third-order valence-corrected chi connectivity index (χ3v) is 2.60. The summed E-state index contributed by atoms with van der Waals surface area (Å²) in [6, 6.07) is 0.0852. The van der Waals surface area contributed by atoms with Crippen molar-refractivity contribution >= 4 is 11.8 Å². The van der Waals surface area contributed by atoms with Crippen LogP contribution in [0.3, 0.4) is 0 Å². The Morgan fingerprint density at radius 2 is 1.78 bits per heavy atom. The lowest BCUT2D eigenvalue weighted by molar-refractivity contribution is -0.138. The van der Waals surface area contributed by atoms with Crippen molar-refractivity contribution in [2.75, 3.05) is 20.1 Å². The van der Waals surface area contributed by atoms with Gasteiger partial charge in [0.2, 0.25) is 11.8 Å². The predicted molar refractivity (Wildman–Crippen MR) is 72.9 cm³/mol. The first-order valence-electron chi connectivity index (χ1n) is 6.52. The molecule has 0 radical (unpaired) electrons. The Hall–Kier alpha value is -1.10. The summed E-state index contributed by atoms with van der Waals surface area (Å²) in [5, 5.41) is 2.76. The Morgan fingerprint density at radius 3 is 2.17 bits per heavy atom. The fourth-order valence-electron chi connectivity index (χ4n) is 1.84. The van der Waals surface area contributed by atoms with Crippen molar-refractivity contribution < 1.29 is 9.59 Å². The van der Waals surface area contributed by atoms with Gasteiger partial charge in [0.15, 0.2) is 0 Å². The second-order valence-electron chi connectivity index (χ2n) is 5.48. The summed E-state index contributed by atoms with van der Waals surface area (Å²) in [6.45, 7) is 8.31. The number of amides is 2. The zero-order valence-electron chi connectivity index (χ0n) is 12.2. The molecule has 0 aromatic carbocycles. The number of nitrogens with zero attached hydrogens (tertiary/aromatic N) is 1. The van der Waals surface area contributed by atoms with E-state index >= 15 is 0 Å². The fourth-order valence-corrected chi connectivity index (χ4v) is 1.84. The van der Waals surface area contributed by atoms with E-state index in [4.69, 9.17) is 5.73 Å². The smallest absolute Gasteiger partial charge is 0.239 e. The fraction of sp³-hybridized carbons (Fsp3) is 0.846. The van der Waals surface area contributed by atoms with E-state index in [9.17, 15) is 9.59 Å². The van der Waals surface area contributed by atoms with Crippen molar-refractivity contribution in [1.82, 2.24) is 10.2 Å². The first-order chi connectivity index (χ1) is 8.27. The van der Waals surface area contributed by atoms with E-state index in [0.717, 1.165) is 6.42 Å². The van der Waals surface area contributed by atoms with Crippen LogP contribution in [0.15, 0.2) is 0 Å². The standard InChI is InChI=1S/C13H27N3O2/c1-9(2)6-11(7-14)13(18)16(5)8-12(17)15-10(3)4/h9-11H,6-8,14H2,1-5H3,(H,15,17). The van der Waals surface area contributed by atoms with Gasteiger partial charge in [0.25, 0.3) is 0 Å². The molecule has 0 aliphatic carbocycles. The topological polar surface area (TPSA) is 75.4 Å². The van der Waals surface area contributed by atoms with E-state index in [1.54, 1.807) is 7.05 Å². The van der Waals surface area contributed by atoms with Crippen LogP contribution in [0.2, 0.25) is 0 Å². The van der Waals surface area contributed by atoms with Crippen molar-refractivity contribution in [1.29, 1.82) is 0 Å². The third kappa shape index (κ3) is 6.59. The second-order valence-corrected chi connectivity index (χ2v) is 5.48. The molecular weight excluding hydrogens is 230 g/mol. The van der Waals surface area contributed by atoms with Crippen LogP contribution in [0.5, 0.6) is 0 Å². The number of hydrogen-bond donors (Lipinski definition) is 2. The monoisotopic (exact) mass is 257 g/mol. The van der Waals surface area contributed by atoms with Crippen LogP contribution < -0.4 is 11.1 Å². The highest BCUT2D eigenvalue weighted by Crippen LogP contribution is 2.12. The first-order valence-corrected chi connectivity index (χ1v) is 6.52. The summed E-state index contributed by atoms with van der Waals surface area (Å²) < 4.78 is 0. The molecule has 1 atom stereocenters. The molecule has 0 spiro atoms. The van der Waals surface area contributed by atoms with Gasteiger partial charge in [-0.15, -0.1) is 0 Å². The number of carbonyl (C=O) groups is 2. The number of nitrogens with two attached hydrogens (primary N) is 1. The van der Waals surface area contributed by atoms with Crippen LogP contribution >= 0.6 is 0 Å². The molecule has 0 aliphatic rings. The van der Waals surface area contributed by atoms with Gasteiger partial charge in [-0.2, -0.15) is 0 Å². The summed E-state index contributed by atoms with van der Waals surface area (Å²) in [7, 11) is 1.64. The lowest BCUT2D eigenvalue weighted by Gasteiger charge is -2.24. The summed E-state index contributed by atoms with van der Waals surface area (Å²) in [5.41, 5.74) is 5.62. The average Bonchev–Trinajstić information content (AvgIpc) is 2.23. The minimum Gasteiger partial charge on any atom is -0.352 e. The Balaban J connectivity index is 4.34. The lowest BCUT2D eigenvalue weighted by Crippen LogP contribution is -2.44. The van der Waals surface area contributed by atoms with Gasteiger partial charge in [0.1, 0.15) is 0 Å².